The molecule has 0 amide bonds. The quantitative estimate of drug-likeness (QED) is 0.544. The van der Waals surface area contributed by atoms with Crippen LogP contribution in [0.5, 0.6) is 0 Å². The Morgan fingerprint density at radius 1 is 0.636 bits per heavy atom. The highest BCUT2D eigenvalue weighted by Crippen LogP contribution is 2.42. The third kappa shape index (κ3) is 3.35. The number of benzene rings is 2. The van der Waals surface area contributed by atoms with Crippen LogP contribution in [0.3, 0.4) is 0 Å². The van der Waals surface area contributed by atoms with Gasteiger partial charge in [-0.15, -0.1) is 0 Å². The first-order valence-electron chi connectivity index (χ1n) is 7.41. The summed E-state index contributed by atoms with van der Waals surface area (Å²) in [5.41, 5.74) is 4.40. The average molecular weight is 286 g/mol. The molecule has 2 atom stereocenters. The Hall–Kier alpha value is -2.60. The third-order valence-corrected chi connectivity index (χ3v) is 3.97. The van der Waals surface area contributed by atoms with Gasteiger partial charge in [0.15, 0.2) is 0 Å². The highest BCUT2D eigenvalue weighted by atomic mass is 14.3. The van der Waals surface area contributed by atoms with Gasteiger partial charge in [0.25, 0.3) is 0 Å². The Bertz CT molecular complexity index is 600. The predicted molar refractivity (Wildman–Crippen MR) is 97.0 cm³/mol. The normalized spacial score (nSPS) is 12.9. The Kier molecular flexibility index (Phi) is 5.32. The first-order chi connectivity index (χ1) is 10.7. The molecule has 0 saturated heterocycles. The summed E-state index contributed by atoms with van der Waals surface area (Å²) in [5, 5.41) is 0. The van der Waals surface area contributed by atoms with E-state index in [1.807, 2.05) is 24.3 Å². The van der Waals surface area contributed by atoms with Gasteiger partial charge in [-0.05, 0) is 22.3 Å². The molecule has 0 heterocycles. The van der Waals surface area contributed by atoms with E-state index in [0.717, 1.165) is 11.1 Å². The van der Waals surface area contributed by atoms with Crippen molar-refractivity contribution in [3.63, 3.8) is 0 Å². The molecule has 0 heteroatoms. The highest BCUT2D eigenvalue weighted by Gasteiger charge is 2.27. The molecule has 2 unspecified atom stereocenters. The Morgan fingerprint density at radius 3 is 1.23 bits per heavy atom. The molecule has 0 saturated carbocycles. The van der Waals surface area contributed by atoms with E-state index >= 15 is 0 Å². The number of hydrogen-bond donors (Lipinski definition) is 0. The molecule has 0 nitrogen and oxygen atoms in total. The van der Waals surface area contributed by atoms with Crippen LogP contribution < -0.4 is 0 Å². The second-order valence-electron chi connectivity index (χ2n) is 5.33. The predicted octanol–water partition coefficient (Wildman–Crippen LogP) is 6.04. The van der Waals surface area contributed by atoms with Crippen LogP contribution in [0.2, 0.25) is 0 Å². The van der Waals surface area contributed by atoms with Crippen LogP contribution in [0.15, 0.2) is 110 Å². The van der Waals surface area contributed by atoms with Crippen LogP contribution in [0, 0.1) is 0 Å². The van der Waals surface area contributed by atoms with Gasteiger partial charge in [0.2, 0.25) is 0 Å². The summed E-state index contributed by atoms with van der Waals surface area (Å²) in [6, 6.07) is 20.8. The molecule has 2 rings (SSSR count). The van der Waals surface area contributed by atoms with Crippen LogP contribution in [0.4, 0.5) is 0 Å². The minimum Gasteiger partial charge on any atom is -0.0988 e. The molecule has 0 aliphatic heterocycles. The average Bonchev–Trinajstić information content (AvgIpc) is 2.59. The fourth-order valence-corrected chi connectivity index (χ4v) is 2.82. The van der Waals surface area contributed by atoms with Crippen LogP contribution in [0.25, 0.3) is 0 Å². The molecule has 0 spiro atoms. The van der Waals surface area contributed by atoms with Crippen LogP contribution in [-0.2, 0) is 0 Å². The Balaban J connectivity index is 2.58. The van der Waals surface area contributed by atoms with Crippen molar-refractivity contribution in [2.45, 2.75) is 11.8 Å². The first kappa shape index (κ1) is 15.8. The molecule has 0 N–H and O–H groups in total. The molecular weight excluding hydrogens is 264 g/mol. The first-order valence-corrected chi connectivity index (χ1v) is 7.41. The number of allylic oxidation sites excluding steroid dienone is 4. The van der Waals surface area contributed by atoms with Gasteiger partial charge in [-0.25, -0.2) is 0 Å². The van der Waals surface area contributed by atoms with Gasteiger partial charge in [0.1, 0.15) is 0 Å². The van der Waals surface area contributed by atoms with Gasteiger partial charge in [0, 0.05) is 11.8 Å². The van der Waals surface area contributed by atoms with Crippen LogP contribution in [-0.4, -0.2) is 0 Å². The number of rotatable bonds is 7. The molecule has 0 aliphatic rings. The summed E-state index contributed by atoms with van der Waals surface area (Å²) in [7, 11) is 0. The lowest BCUT2D eigenvalue weighted by Crippen LogP contribution is -2.14. The zero-order valence-corrected chi connectivity index (χ0v) is 12.9. The summed E-state index contributed by atoms with van der Waals surface area (Å²) in [6.07, 6.45) is 3.67. The Morgan fingerprint density at radius 2 is 0.955 bits per heavy atom. The minimum atomic E-state index is 0.103. The maximum Gasteiger partial charge on any atom is 0.0192 e. The fraction of sp³-hybridized carbons (Fsp3) is 0.0909. The SMILES string of the molecule is C=CC(=C)C(c1ccccc1)C(C(=C)C=C)c1ccccc1. The standard InChI is InChI=1S/C22H22/c1-5-17(3)21(19-13-9-7-10-14-19)22(18(4)6-2)20-15-11-8-12-16-20/h5-16,21-22H,1-4H2. The maximum atomic E-state index is 4.22. The number of hydrogen-bond acceptors (Lipinski definition) is 0. The molecule has 2 aromatic carbocycles. The molecule has 110 valence electrons. The van der Waals surface area contributed by atoms with E-state index in [-0.39, 0.29) is 11.8 Å². The lowest BCUT2D eigenvalue weighted by atomic mass is 9.74. The van der Waals surface area contributed by atoms with Gasteiger partial charge < -0.3 is 0 Å². The van der Waals surface area contributed by atoms with Gasteiger partial charge in [-0.3, -0.25) is 0 Å². The van der Waals surface area contributed by atoms with Gasteiger partial charge in [-0.1, -0.05) is 99.1 Å². The summed E-state index contributed by atoms with van der Waals surface area (Å²) in [4.78, 5) is 0. The van der Waals surface area contributed by atoms with Crippen molar-refractivity contribution in [3.05, 3.63) is 121 Å². The minimum absolute atomic E-state index is 0.103. The largest absolute Gasteiger partial charge is 0.0988 e. The molecule has 0 aromatic heterocycles. The molecule has 0 aliphatic carbocycles. The molecule has 0 radical (unpaired) electrons. The lowest BCUT2D eigenvalue weighted by Gasteiger charge is -2.29. The van der Waals surface area contributed by atoms with Gasteiger partial charge in [-0.2, -0.15) is 0 Å². The van der Waals surface area contributed by atoms with Gasteiger partial charge in [0.05, 0.1) is 0 Å². The van der Waals surface area contributed by atoms with E-state index in [9.17, 15) is 0 Å². The van der Waals surface area contributed by atoms with E-state index in [1.165, 1.54) is 11.1 Å². The van der Waals surface area contributed by atoms with E-state index < -0.39 is 0 Å². The van der Waals surface area contributed by atoms with Crippen molar-refractivity contribution in [3.8, 4) is 0 Å². The van der Waals surface area contributed by atoms with Crippen molar-refractivity contribution in [1.82, 2.24) is 0 Å². The van der Waals surface area contributed by atoms with Crippen LogP contribution in [0.1, 0.15) is 23.0 Å². The monoisotopic (exact) mass is 286 g/mol. The topological polar surface area (TPSA) is 0 Å². The molecule has 22 heavy (non-hydrogen) atoms. The van der Waals surface area contributed by atoms with Crippen molar-refractivity contribution in [1.29, 1.82) is 0 Å². The zero-order chi connectivity index (χ0) is 15.9. The maximum absolute atomic E-state index is 4.22. The smallest absolute Gasteiger partial charge is 0.0192 e. The highest BCUT2D eigenvalue weighted by molar-refractivity contribution is 5.45. The van der Waals surface area contributed by atoms with E-state index in [4.69, 9.17) is 0 Å². The second kappa shape index (κ2) is 7.42. The summed E-state index contributed by atoms with van der Waals surface area (Å²) < 4.78 is 0. The van der Waals surface area contributed by atoms with E-state index in [2.05, 4.69) is 74.8 Å². The van der Waals surface area contributed by atoms with Gasteiger partial charge >= 0.3 is 0 Å². The zero-order valence-electron chi connectivity index (χ0n) is 12.9. The van der Waals surface area contributed by atoms with Crippen molar-refractivity contribution >= 4 is 0 Å². The molecule has 2 aromatic rings. The van der Waals surface area contributed by atoms with E-state index in [0.29, 0.717) is 0 Å². The van der Waals surface area contributed by atoms with E-state index in [1.54, 1.807) is 0 Å². The van der Waals surface area contributed by atoms with Crippen LogP contribution >= 0.6 is 0 Å². The van der Waals surface area contributed by atoms with Crippen molar-refractivity contribution in [2.24, 2.45) is 0 Å². The molecular formula is C22H22. The second-order valence-corrected chi connectivity index (χ2v) is 5.33. The summed E-state index contributed by atoms with van der Waals surface area (Å²) >= 11 is 0. The Labute approximate surface area is 133 Å². The molecule has 0 fully saturated rings. The van der Waals surface area contributed by atoms with Crippen molar-refractivity contribution in [2.75, 3.05) is 0 Å². The lowest BCUT2D eigenvalue weighted by molar-refractivity contribution is 0.696. The molecule has 0 bridgehead atoms. The summed E-state index contributed by atoms with van der Waals surface area (Å²) in [6.45, 7) is 16.3. The van der Waals surface area contributed by atoms with Crippen molar-refractivity contribution < 1.29 is 0 Å². The summed E-state index contributed by atoms with van der Waals surface area (Å²) in [5.74, 6) is 0.207. The fourth-order valence-electron chi connectivity index (χ4n) is 2.82. The third-order valence-electron chi connectivity index (χ3n) is 3.97.